The number of hydrogen-bond donors (Lipinski definition) is 2. The Hall–Kier alpha value is -3.51. The lowest BCUT2D eigenvalue weighted by molar-refractivity contribution is 0.0970. The third-order valence-electron chi connectivity index (χ3n) is 4.77. The van der Waals surface area contributed by atoms with Crippen LogP contribution >= 0.6 is 12.2 Å². The number of benzene rings is 2. The molecule has 0 saturated carbocycles. The van der Waals surface area contributed by atoms with E-state index in [1.165, 1.54) is 11.1 Å². The number of hydrogen-bond acceptors (Lipinski definition) is 3. The number of nitrogens with zero attached hydrogens (tertiary/aromatic N) is 2. The zero-order valence-electron chi connectivity index (χ0n) is 16.4. The molecule has 0 fully saturated rings. The summed E-state index contributed by atoms with van der Waals surface area (Å²) in [6, 6.07) is 19.2. The minimum absolute atomic E-state index is 0.245. The molecule has 1 aliphatic rings. The van der Waals surface area contributed by atoms with Crippen LogP contribution in [-0.4, -0.2) is 20.8 Å². The van der Waals surface area contributed by atoms with E-state index >= 15 is 0 Å². The third-order valence-corrected chi connectivity index (χ3v) is 4.97. The minimum Gasteiger partial charge on any atom is -0.332 e. The molecular formula is C24H22N4OS. The minimum atomic E-state index is -0.317. The van der Waals surface area contributed by atoms with Crippen molar-refractivity contribution in [1.82, 2.24) is 15.1 Å². The number of thiocarbonyl (C=S) groups is 1. The third kappa shape index (κ3) is 4.90. The number of carbonyl (C=O) groups is 1. The lowest BCUT2D eigenvalue weighted by Crippen LogP contribution is -2.35. The highest BCUT2D eigenvalue weighted by atomic mass is 32.1. The van der Waals surface area contributed by atoms with Gasteiger partial charge >= 0.3 is 0 Å². The van der Waals surface area contributed by atoms with Gasteiger partial charge in [-0.1, -0.05) is 48.6 Å². The van der Waals surface area contributed by atoms with Crippen molar-refractivity contribution in [3.63, 3.8) is 0 Å². The van der Waals surface area contributed by atoms with E-state index in [0.717, 1.165) is 30.6 Å². The van der Waals surface area contributed by atoms with Crippen LogP contribution in [0.4, 0.5) is 5.69 Å². The van der Waals surface area contributed by atoms with Gasteiger partial charge in [-0.05, 0) is 72.9 Å². The summed E-state index contributed by atoms with van der Waals surface area (Å²) in [6.45, 7) is 0. The molecule has 3 aromatic rings. The van der Waals surface area contributed by atoms with Crippen molar-refractivity contribution in [3.8, 4) is 5.69 Å². The molecule has 0 aliphatic heterocycles. The summed E-state index contributed by atoms with van der Waals surface area (Å²) in [4.78, 5) is 12.7. The molecule has 0 spiro atoms. The summed E-state index contributed by atoms with van der Waals surface area (Å²) >= 11 is 5.36. The largest absolute Gasteiger partial charge is 0.332 e. The fourth-order valence-corrected chi connectivity index (χ4v) is 3.58. The van der Waals surface area contributed by atoms with Crippen LogP contribution in [0, 0.1) is 0 Å². The van der Waals surface area contributed by atoms with Crippen LogP contribution in [0.25, 0.3) is 5.69 Å². The molecule has 1 heterocycles. The molecule has 0 atom stereocenters. The first-order chi connectivity index (χ1) is 14.7. The second-order valence-corrected chi connectivity index (χ2v) is 7.42. The molecule has 0 radical (unpaired) electrons. The Bertz CT molecular complexity index is 1110. The van der Waals surface area contributed by atoms with Gasteiger partial charge in [-0.3, -0.25) is 10.1 Å². The van der Waals surface area contributed by atoms with Gasteiger partial charge in [-0.15, -0.1) is 0 Å². The second kappa shape index (κ2) is 9.33. The maximum absolute atomic E-state index is 12.7. The Morgan fingerprint density at radius 3 is 2.73 bits per heavy atom. The summed E-state index contributed by atoms with van der Waals surface area (Å²) in [6.07, 6.45) is 11.4. The lowest BCUT2D eigenvalue weighted by atomic mass is 9.99. The smallest absolute Gasteiger partial charge is 0.276 e. The van der Waals surface area contributed by atoms with E-state index in [9.17, 15) is 4.79 Å². The monoisotopic (exact) mass is 414 g/mol. The van der Waals surface area contributed by atoms with Gasteiger partial charge in [0.1, 0.15) is 5.69 Å². The summed E-state index contributed by atoms with van der Waals surface area (Å²) < 4.78 is 1.59. The van der Waals surface area contributed by atoms with Gasteiger partial charge in [0.05, 0.1) is 11.9 Å². The first-order valence-electron chi connectivity index (χ1n) is 9.85. The van der Waals surface area contributed by atoms with Crippen molar-refractivity contribution < 1.29 is 4.79 Å². The van der Waals surface area contributed by atoms with Crippen molar-refractivity contribution >= 4 is 28.9 Å². The van der Waals surface area contributed by atoms with Crippen molar-refractivity contribution in [1.29, 1.82) is 0 Å². The maximum atomic E-state index is 12.7. The normalized spacial score (nSPS) is 12.9. The van der Waals surface area contributed by atoms with Crippen molar-refractivity contribution in [3.05, 3.63) is 102 Å². The van der Waals surface area contributed by atoms with Crippen LogP contribution in [0.2, 0.25) is 0 Å². The molecule has 1 aliphatic carbocycles. The molecule has 150 valence electrons. The van der Waals surface area contributed by atoms with Crippen LogP contribution in [0.5, 0.6) is 0 Å². The lowest BCUT2D eigenvalue weighted by Gasteiger charge is -2.12. The van der Waals surface area contributed by atoms with E-state index < -0.39 is 0 Å². The molecule has 4 rings (SSSR count). The number of aromatic nitrogens is 2. The Kier molecular flexibility index (Phi) is 6.15. The van der Waals surface area contributed by atoms with Gasteiger partial charge in [0.2, 0.25) is 0 Å². The Labute approximate surface area is 181 Å². The molecule has 0 unspecified atom stereocenters. The fraction of sp³-hybridized carbons (Fsp3) is 0.125. The molecule has 1 aromatic heterocycles. The number of anilines is 1. The fourth-order valence-electron chi connectivity index (χ4n) is 3.37. The zero-order valence-corrected chi connectivity index (χ0v) is 17.2. The highest BCUT2D eigenvalue weighted by Crippen LogP contribution is 2.18. The van der Waals surface area contributed by atoms with Crippen LogP contribution in [0.15, 0.2) is 90.7 Å². The number of allylic oxidation sites excluding steroid dienone is 4. The average Bonchev–Trinajstić information content (AvgIpc) is 3.25. The van der Waals surface area contributed by atoms with Gasteiger partial charge < -0.3 is 5.32 Å². The molecule has 5 nitrogen and oxygen atoms in total. The first kappa shape index (κ1) is 19.8. The van der Waals surface area contributed by atoms with E-state index in [-0.39, 0.29) is 11.0 Å². The van der Waals surface area contributed by atoms with E-state index in [2.05, 4.69) is 46.1 Å². The molecule has 30 heavy (non-hydrogen) atoms. The molecule has 6 heteroatoms. The summed E-state index contributed by atoms with van der Waals surface area (Å²) in [5.41, 5.74) is 4.58. The van der Waals surface area contributed by atoms with Gasteiger partial charge in [-0.25, -0.2) is 4.68 Å². The topological polar surface area (TPSA) is 59.0 Å². The number of rotatable bonds is 5. The quantitative estimate of drug-likeness (QED) is 0.588. The van der Waals surface area contributed by atoms with Crippen molar-refractivity contribution in [2.75, 3.05) is 5.32 Å². The number of nitrogens with one attached hydrogen (secondary N) is 2. The standard InChI is InChI=1S/C24H22N4OS/c29-23(22-14-15-25-28(22)21-12-5-2-6-13-21)27-24(30)26-20-11-7-10-19(17-20)16-18-8-3-1-4-9-18/h2-3,5-15,17H,1,4,16H2,(H2,26,27,29,30). The Balaban J connectivity index is 1.40. The van der Waals surface area contributed by atoms with E-state index in [4.69, 9.17) is 12.2 Å². The number of carbonyl (C=O) groups excluding carboxylic acids is 1. The predicted molar refractivity (Wildman–Crippen MR) is 124 cm³/mol. The summed E-state index contributed by atoms with van der Waals surface area (Å²) in [5, 5.41) is 10.3. The highest BCUT2D eigenvalue weighted by molar-refractivity contribution is 7.80. The SMILES string of the molecule is O=C(NC(=S)Nc1cccc(CC2=CCCC=C2)c1)c1ccnn1-c1ccccc1. The van der Waals surface area contributed by atoms with Gasteiger partial charge in [0.25, 0.3) is 5.91 Å². The Morgan fingerprint density at radius 1 is 1.07 bits per heavy atom. The molecule has 0 saturated heterocycles. The van der Waals surface area contributed by atoms with E-state index in [1.807, 2.05) is 42.5 Å². The predicted octanol–water partition coefficient (Wildman–Crippen LogP) is 4.82. The highest BCUT2D eigenvalue weighted by Gasteiger charge is 2.14. The van der Waals surface area contributed by atoms with Gasteiger partial charge in [0.15, 0.2) is 5.11 Å². The summed E-state index contributed by atoms with van der Waals surface area (Å²) in [5.74, 6) is -0.317. The average molecular weight is 415 g/mol. The summed E-state index contributed by atoms with van der Waals surface area (Å²) in [7, 11) is 0. The molecule has 2 N–H and O–H groups in total. The van der Waals surface area contributed by atoms with E-state index in [1.54, 1.807) is 16.9 Å². The van der Waals surface area contributed by atoms with Crippen LogP contribution in [0.3, 0.4) is 0 Å². The van der Waals surface area contributed by atoms with Crippen LogP contribution in [-0.2, 0) is 6.42 Å². The van der Waals surface area contributed by atoms with E-state index in [0.29, 0.717) is 5.69 Å². The molecule has 0 bridgehead atoms. The number of amides is 1. The van der Waals surface area contributed by atoms with Gasteiger partial charge in [0, 0.05) is 5.69 Å². The molecular weight excluding hydrogens is 392 g/mol. The van der Waals surface area contributed by atoms with Crippen molar-refractivity contribution in [2.45, 2.75) is 19.3 Å². The van der Waals surface area contributed by atoms with Crippen molar-refractivity contribution in [2.24, 2.45) is 0 Å². The maximum Gasteiger partial charge on any atom is 0.276 e. The van der Waals surface area contributed by atoms with Gasteiger partial charge in [-0.2, -0.15) is 5.10 Å². The second-order valence-electron chi connectivity index (χ2n) is 7.01. The Morgan fingerprint density at radius 2 is 1.93 bits per heavy atom. The first-order valence-corrected chi connectivity index (χ1v) is 10.3. The van der Waals surface area contributed by atoms with Crippen LogP contribution < -0.4 is 10.6 Å². The molecule has 2 aromatic carbocycles. The van der Waals surface area contributed by atoms with Crippen LogP contribution in [0.1, 0.15) is 28.9 Å². The molecule has 1 amide bonds. The zero-order chi connectivity index (χ0) is 20.8. The number of para-hydroxylation sites is 1.